The van der Waals surface area contributed by atoms with Crippen molar-refractivity contribution in [3.63, 3.8) is 0 Å². The van der Waals surface area contributed by atoms with Crippen molar-refractivity contribution in [1.29, 1.82) is 0 Å². The Hall–Kier alpha value is -2.17. The van der Waals surface area contributed by atoms with Crippen molar-refractivity contribution < 1.29 is 19.1 Å². The lowest BCUT2D eigenvalue weighted by molar-refractivity contribution is -0.123. The van der Waals surface area contributed by atoms with Crippen molar-refractivity contribution >= 4 is 17.8 Å². The Bertz CT molecular complexity index is 478. The molecule has 5 nitrogen and oxygen atoms in total. The smallest absolute Gasteiger partial charge is 0.417 e. The van der Waals surface area contributed by atoms with E-state index in [0.717, 1.165) is 10.5 Å². The molecular formula is C12H11NO4. The highest BCUT2D eigenvalue weighted by Crippen LogP contribution is 2.09. The highest BCUT2D eigenvalue weighted by Gasteiger charge is 2.33. The number of ether oxygens (including phenoxy) is 1. The minimum Gasteiger partial charge on any atom is -0.447 e. The van der Waals surface area contributed by atoms with E-state index in [2.05, 4.69) is 4.74 Å². The van der Waals surface area contributed by atoms with Crippen molar-refractivity contribution in [2.45, 2.75) is 6.92 Å². The molecule has 1 aliphatic rings. The van der Waals surface area contributed by atoms with E-state index >= 15 is 0 Å². The number of imide groups is 1. The molecule has 1 aromatic carbocycles. The molecule has 0 spiro atoms. The minimum atomic E-state index is -0.837. The number of benzene rings is 1. The molecule has 1 saturated heterocycles. The predicted molar refractivity (Wildman–Crippen MR) is 58.6 cm³/mol. The first kappa shape index (κ1) is 11.3. The van der Waals surface area contributed by atoms with Crippen molar-refractivity contribution in [3.8, 4) is 0 Å². The predicted octanol–water partition coefficient (Wildman–Crippen LogP) is 1.16. The molecule has 0 aliphatic carbocycles. The molecular weight excluding hydrogens is 222 g/mol. The van der Waals surface area contributed by atoms with Crippen LogP contribution in [-0.2, 0) is 9.53 Å². The number of aryl methyl sites for hydroxylation is 1. The van der Waals surface area contributed by atoms with Crippen LogP contribution in [0.3, 0.4) is 0 Å². The standard InChI is InChI=1S/C12H11NO4/c1-8-2-4-9(5-3-8)10(14)11(15)13-6-7-17-12(13)16/h2-5H,6-7H2,1H3. The summed E-state index contributed by atoms with van der Waals surface area (Å²) in [6, 6.07) is 6.61. The van der Waals surface area contributed by atoms with Gasteiger partial charge in [-0.2, -0.15) is 0 Å². The Morgan fingerprint density at radius 1 is 1.24 bits per heavy atom. The molecule has 2 rings (SSSR count). The Morgan fingerprint density at radius 3 is 2.41 bits per heavy atom. The average molecular weight is 233 g/mol. The molecule has 0 bridgehead atoms. The van der Waals surface area contributed by atoms with Gasteiger partial charge in [-0.3, -0.25) is 9.59 Å². The van der Waals surface area contributed by atoms with Crippen molar-refractivity contribution in [3.05, 3.63) is 35.4 Å². The summed E-state index contributed by atoms with van der Waals surface area (Å²) >= 11 is 0. The first-order valence-electron chi connectivity index (χ1n) is 5.19. The molecule has 1 aromatic rings. The zero-order valence-corrected chi connectivity index (χ0v) is 9.30. The van der Waals surface area contributed by atoms with Gasteiger partial charge in [0.15, 0.2) is 0 Å². The van der Waals surface area contributed by atoms with Gasteiger partial charge in [-0.25, -0.2) is 9.69 Å². The number of carbonyl (C=O) groups excluding carboxylic acids is 3. The highest BCUT2D eigenvalue weighted by molar-refractivity contribution is 6.44. The van der Waals surface area contributed by atoms with E-state index in [1.54, 1.807) is 24.3 Å². The average Bonchev–Trinajstić information content (AvgIpc) is 2.74. The summed E-state index contributed by atoms with van der Waals surface area (Å²) in [6.45, 7) is 2.16. The quantitative estimate of drug-likeness (QED) is 0.568. The first-order valence-corrected chi connectivity index (χ1v) is 5.19. The Kier molecular flexibility index (Phi) is 2.91. The lowest BCUT2D eigenvalue weighted by atomic mass is 10.1. The zero-order chi connectivity index (χ0) is 12.4. The molecule has 1 aliphatic heterocycles. The van der Waals surface area contributed by atoms with Crippen LogP contribution in [-0.4, -0.2) is 35.8 Å². The summed E-state index contributed by atoms with van der Waals surface area (Å²) in [4.78, 5) is 35.5. The van der Waals surface area contributed by atoms with E-state index in [4.69, 9.17) is 0 Å². The van der Waals surface area contributed by atoms with E-state index in [-0.39, 0.29) is 18.7 Å². The molecule has 0 saturated carbocycles. The second-order valence-corrected chi connectivity index (χ2v) is 3.77. The molecule has 17 heavy (non-hydrogen) atoms. The molecule has 0 N–H and O–H groups in total. The molecule has 88 valence electrons. The molecule has 0 radical (unpaired) electrons. The number of Topliss-reactive ketones (excluding diaryl/α,β-unsaturated/α-hetero) is 1. The van der Waals surface area contributed by atoms with Gasteiger partial charge >= 0.3 is 12.0 Å². The largest absolute Gasteiger partial charge is 0.447 e. The monoisotopic (exact) mass is 233 g/mol. The number of hydrogen-bond donors (Lipinski definition) is 0. The molecule has 0 unspecified atom stereocenters. The molecule has 0 atom stereocenters. The fourth-order valence-electron chi connectivity index (χ4n) is 1.53. The number of ketones is 1. The number of amides is 2. The number of cyclic esters (lactones) is 1. The summed E-state index contributed by atoms with van der Waals surface area (Å²) in [5, 5.41) is 0. The number of hydrogen-bond acceptors (Lipinski definition) is 4. The van der Waals surface area contributed by atoms with Gasteiger partial charge in [-0.15, -0.1) is 0 Å². The fraction of sp³-hybridized carbons (Fsp3) is 0.250. The lowest BCUT2D eigenvalue weighted by Gasteiger charge is -2.09. The molecule has 1 heterocycles. The summed E-state index contributed by atoms with van der Waals surface area (Å²) in [5.74, 6) is -1.53. The molecule has 1 fully saturated rings. The number of carbonyl (C=O) groups is 3. The third-order valence-electron chi connectivity index (χ3n) is 2.51. The van der Waals surface area contributed by atoms with Crippen molar-refractivity contribution in [2.24, 2.45) is 0 Å². The van der Waals surface area contributed by atoms with Crippen LogP contribution in [0, 0.1) is 6.92 Å². The maximum absolute atomic E-state index is 11.8. The SMILES string of the molecule is Cc1ccc(C(=O)C(=O)N2CCOC2=O)cc1. The fourth-order valence-corrected chi connectivity index (χ4v) is 1.53. The summed E-state index contributed by atoms with van der Waals surface area (Å²) in [7, 11) is 0. The van der Waals surface area contributed by atoms with Crippen LogP contribution in [0.2, 0.25) is 0 Å². The number of rotatable bonds is 2. The van der Waals surface area contributed by atoms with Gasteiger partial charge in [0.25, 0.3) is 5.78 Å². The van der Waals surface area contributed by atoms with Crippen LogP contribution in [0.4, 0.5) is 4.79 Å². The first-order chi connectivity index (χ1) is 8.09. The van der Waals surface area contributed by atoms with Gasteiger partial charge in [0.05, 0.1) is 6.54 Å². The second-order valence-electron chi connectivity index (χ2n) is 3.77. The maximum atomic E-state index is 11.8. The third kappa shape index (κ3) is 2.18. The van der Waals surface area contributed by atoms with E-state index < -0.39 is 17.8 Å². The highest BCUT2D eigenvalue weighted by atomic mass is 16.6. The summed E-state index contributed by atoms with van der Waals surface area (Å²) in [6.07, 6.45) is -0.754. The topological polar surface area (TPSA) is 63.7 Å². The minimum absolute atomic E-state index is 0.134. The normalized spacial score (nSPS) is 14.6. The van der Waals surface area contributed by atoms with Gasteiger partial charge in [-0.1, -0.05) is 29.8 Å². The number of nitrogens with zero attached hydrogens (tertiary/aromatic N) is 1. The summed E-state index contributed by atoms with van der Waals surface area (Å²) < 4.78 is 4.61. The lowest BCUT2D eigenvalue weighted by Crippen LogP contribution is -2.37. The van der Waals surface area contributed by atoms with E-state index in [1.165, 1.54) is 0 Å². The molecule has 5 heteroatoms. The van der Waals surface area contributed by atoms with E-state index in [1.807, 2.05) is 6.92 Å². The second kappa shape index (κ2) is 4.37. The van der Waals surface area contributed by atoms with E-state index in [9.17, 15) is 14.4 Å². The van der Waals surface area contributed by atoms with Crippen LogP contribution in [0.25, 0.3) is 0 Å². The van der Waals surface area contributed by atoms with Crippen molar-refractivity contribution in [1.82, 2.24) is 4.90 Å². The van der Waals surface area contributed by atoms with Gasteiger partial charge < -0.3 is 4.74 Å². The van der Waals surface area contributed by atoms with Crippen LogP contribution in [0.5, 0.6) is 0 Å². The van der Waals surface area contributed by atoms with Gasteiger partial charge in [0, 0.05) is 5.56 Å². The summed E-state index contributed by atoms with van der Waals surface area (Å²) in [5.41, 5.74) is 1.27. The zero-order valence-electron chi connectivity index (χ0n) is 9.30. The van der Waals surface area contributed by atoms with Crippen LogP contribution < -0.4 is 0 Å². The molecule has 2 amide bonds. The molecule has 0 aromatic heterocycles. The van der Waals surface area contributed by atoms with Crippen LogP contribution >= 0.6 is 0 Å². The van der Waals surface area contributed by atoms with Crippen LogP contribution in [0.1, 0.15) is 15.9 Å². The van der Waals surface area contributed by atoms with Gasteiger partial charge in [0.1, 0.15) is 6.61 Å². The van der Waals surface area contributed by atoms with Gasteiger partial charge in [0.2, 0.25) is 0 Å². The maximum Gasteiger partial charge on any atom is 0.417 e. The Morgan fingerprint density at radius 2 is 1.88 bits per heavy atom. The van der Waals surface area contributed by atoms with Crippen molar-refractivity contribution in [2.75, 3.05) is 13.2 Å². The Balaban J connectivity index is 2.17. The van der Waals surface area contributed by atoms with Gasteiger partial charge in [-0.05, 0) is 6.92 Å². The third-order valence-corrected chi connectivity index (χ3v) is 2.51. The van der Waals surface area contributed by atoms with E-state index in [0.29, 0.717) is 0 Å². The Labute approximate surface area is 98.0 Å². The van der Waals surface area contributed by atoms with Crippen LogP contribution in [0.15, 0.2) is 24.3 Å².